The lowest BCUT2D eigenvalue weighted by atomic mass is 9.90. The van der Waals surface area contributed by atoms with Crippen LogP contribution in [-0.2, 0) is 4.84 Å². The minimum atomic E-state index is -0.393. The zero-order valence-electron chi connectivity index (χ0n) is 17.6. The van der Waals surface area contributed by atoms with Crippen LogP contribution in [0.4, 0.5) is 0 Å². The third-order valence-corrected chi connectivity index (χ3v) is 5.62. The number of carbonyl (C=O) groups excluding carboxylic acids is 2. The molecular formula is C21H24N6O4. The minimum absolute atomic E-state index is 0.0583. The van der Waals surface area contributed by atoms with Crippen molar-refractivity contribution >= 4 is 11.8 Å². The zero-order chi connectivity index (χ0) is 22.0. The van der Waals surface area contributed by atoms with Gasteiger partial charge in [-0.3, -0.25) is 14.4 Å². The maximum absolute atomic E-state index is 13.5. The van der Waals surface area contributed by atoms with E-state index < -0.39 is 5.91 Å². The van der Waals surface area contributed by atoms with E-state index in [1.807, 2.05) is 30.0 Å². The number of hydroxylamine groups is 2. The van der Waals surface area contributed by atoms with Crippen LogP contribution in [0, 0.1) is 0 Å². The Morgan fingerprint density at radius 2 is 1.94 bits per heavy atom. The van der Waals surface area contributed by atoms with Crippen LogP contribution in [0.15, 0.2) is 47.2 Å². The summed E-state index contributed by atoms with van der Waals surface area (Å²) in [5.41, 5.74) is 1.33. The molecule has 3 heterocycles. The van der Waals surface area contributed by atoms with Gasteiger partial charge in [-0.2, -0.15) is 15.0 Å². The summed E-state index contributed by atoms with van der Waals surface area (Å²) in [4.78, 5) is 33.9. The van der Waals surface area contributed by atoms with Crippen molar-refractivity contribution in [3.8, 4) is 5.69 Å². The molecule has 0 saturated carbocycles. The number of rotatable bonds is 5. The van der Waals surface area contributed by atoms with E-state index in [1.54, 1.807) is 24.5 Å². The average Bonchev–Trinajstić information content (AvgIpc) is 3.50. The van der Waals surface area contributed by atoms with Crippen molar-refractivity contribution in [2.24, 2.45) is 0 Å². The molecule has 2 aromatic heterocycles. The molecule has 0 spiro atoms. The molecule has 1 saturated heterocycles. The first-order valence-corrected chi connectivity index (χ1v) is 10.0. The fourth-order valence-corrected chi connectivity index (χ4v) is 3.77. The molecule has 0 aliphatic carbocycles. The Morgan fingerprint density at radius 3 is 2.68 bits per heavy atom. The molecule has 0 N–H and O–H groups in total. The smallest absolute Gasteiger partial charge is 0.299 e. The van der Waals surface area contributed by atoms with Crippen molar-refractivity contribution in [2.75, 3.05) is 20.7 Å². The highest BCUT2D eigenvalue weighted by molar-refractivity contribution is 5.98. The standard InChI is InChI=1S/C21H24N6O4/c1-14-8-9-15(19-12-17(24-31-19)21(29)25(2)30-3)13-26(14)20(28)16-6-4-5-7-18(16)27-22-10-11-23-27/h4-7,10-12,14-15H,8-9,13H2,1-3H3/t14-,15-/m1/s1. The Morgan fingerprint density at radius 1 is 1.19 bits per heavy atom. The summed E-state index contributed by atoms with van der Waals surface area (Å²) in [5.74, 6) is 0.0342. The number of benzene rings is 1. The highest BCUT2D eigenvalue weighted by atomic mass is 16.7. The highest BCUT2D eigenvalue weighted by Gasteiger charge is 2.34. The summed E-state index contributed by atoms with van der Waals surface area (Å²) in [6.45, 7) is 2.50. The predicted molar refractivity (Wildman–Crippen MR) is 109 cm³/mol. The molecular weight excluding hydrogens is 400 g/mol. The highest BCUT2D eigenvalue weighted by Crippen LogP contribution is 2.32. The van der Waals surface area contributed by atoms with Crippen molar-refractivity contribution in [3.05, 3.63) is 59.7 Å². The Labute approximate surface area is 179 Å². The van der Waals surface area contributed by atoms with Crippen LogP contribution in [0.3, 0.4) is 0 Å². The molecule has 162 valence electrons. The van der Waals surface area contributed by atoms with Gasteiger partial charge in [0.25, 0.3) is 11.8 Å². The van der Waals surface area contributed by atoms with Gasteiger partial charge in [0.05, 0.1) is 30.8 Å². The van der Waals surface area contributed by atoms with Crippen LogP contribution in [0.5, 0.6) is 0 Å². The molecule has 10 nitrogen and oxygen atoms in total. The number of piperidine rings is 1. The van der Waals surface area contributed by atoms with Gasteiger partial charge in [0, 0.05) is 31.6 Å². The summed E-state index contributed by atoms with van der Waals surface area (Å²) in [5, 5.41) is 13.3. The third kappa shape index (κ3) is 4.06. The summed E-state index contributed by atoms with van der Waals surface area (Å²) < 4.78 is 5.46. The molecule has 4 rings (SSSR count). The van der Waals surface area contributed by atoms with Crippen molar-refractivity contribution in [1.29, 1.82) is 0 Å². The Kier molecular flexibility index (Phi) is 5.81. The van der Waals surface area contributed by atoms with Crippen molar-refractivity contribution < 1.29 is 18.9 Å². The Bertz CT molecular complexity index is 1060. The number of nitrogens with zero attached hydrogens (tertiary/aromatic N) is 6. The van der Waals surface area contributed by atoms with E-state index in [-0.39, 0.29) is 23.6 Å². The summed E-state index contributed by atoms with van der Waals surface area (Å²) >= 11 is 0. The summed E-state index contributed by atoms with van der Waals surface area (Å²) in [6, 6.07) is 8.96. The number of hydrogen-bond donors (Lipinski definition) is 0. The molecule has 0 unspecified atom stereocenters. The van der Waals surface area contributed by atoms with Gasteiger partial charge in [-0.15, -0.1) is 0 Å². The lowest BCUT2D eigenvalue weighted by molar-refractivity contribution is -0.0762. The van der Waals surface area contributed by atoms with Crippen molar-refractivity contribution in [2.45, 2.75) is 31.7 Å². The number of amides is 2. The lowest BCUT2D eigenvalue weighted by Gasteiger charge is -2.37. The third-order valence-electron chi connectivity index (χ3n) is 5.62. The fourth-order valence-electron chi connectivity index (χ4n) is 3.77. The SMILES string of the molecule is CON(C)C(=O)c1cc([C@@H]2CC[C@@H](C)N(C(=O)c3ccccc3-n3nccn3)C2)on1. The van der Waals surface area contributed by atoms with Crippen LogP contribution in [0.1, 0.15) is 52.3 Å². The van der Waals surface area contributed by atoms with Gasteiger partial charge in [-0.25, -0.2) is 5.06 Å². The number of aromatic nitrogens is 4. The molecule has 1 aliphatic rings. The van der Waals surface area contributed by atoms with Crippen LogP contribution in [-0.4, -0.2) is 68.7 Å². The molecule has 1 aliphatic heterocycles. The number of carbonyl (C=O) groups is 2. The monoisotopic (exact) mass is 424 g/mol. The average molecular weight is 424 g/mol. The number of para-hydroxylation sites is 1. The van der Waals surface area contributed by atoms with Crippen molar-refractivity contribution in [3.63, 3.8) is 0 Å². The minimum Gasteiger partial charge on any atom is -0.360 e. The second-order valence-corrected chi connectivity index (χ2v) is 7.52. The normalized spacial score (nSPS) is 18.7. The number of hydrogen-bond acceptors (Lipinski definition) is 7. The van der Waals surface area contributed by atoms with Gasteiger partial charge < -0.3 is 9.42 Å². The van der Waals surface area contributed by atoms with E-state index in [1.165, 1.54) is 19.0 Å². The van der Waals surface area contributed by atoms with Gasteiger partial charge in [0.1, 0.15) is 5.76 Å². The molecule has 0 bridgehead atoms. The molecule has 2 amide bonds. The van der Waals surface area contributed by atoms with E-state index in [0.717, 1.165) is 17.9 Å². The topological polar surface area (TPSA) is 107 Å². The van der Waals surface area contributed by atoms with Crippen LogP contribution in [0.2, 0.25) is 0 Å². The van der Waals surface area contributed by atoms with Crippen LogP contribution < -0.4 is 0 Å². The van der Waals surface area contributed by atoms with E-state index >= 15 is 0 Å². The Balaban J connectivity index is 1.56. The Hall–Kier alpha value is -3.53. The zero-order valence-corrected chi connectivity index (χ0v) is 17.6. The van der Waals surface area contributed by atoms with E-state index in [4.69, 9.17) is 9.36 Å². The van der Waals surface area contributed by atoms with E-state index in [9.17, 15) is 9.59 Å². The first-order chi connectivity index (χ1) is 15.0. The number of likely N-dealkylation sites (tertiary alicyclic amines) is 1. The maximum Gasteiger partial charge on any atom is 0.299 e. The second kappa shape index (κ2) is 8.68. The molecule has 31 heavy (non-hydrogen) atoms. The van der Waals surface area contributed by atoms with Gasteiger partial charge in [0.2, 0.25) is 0 Å². The fraction of sp³-hybridized carbons (Fsp3) is 0.381. The molecule has 1 fully saturated rings. The van der Waals surface area contributed by atoms with E-state index in [2.05, 4.69) is 15.4 Å². The molecule has 0 radical (unpaired) electrons. The van der Waals surface area contributed by atoms with Crippen LogP contribution >= 0.6 is 0 Å². The lowest BCUT2D eigenvalue weighted by Crippen LogP contribution is -2.45. The first-order valence-electron chi connectivity index (χ1n) is 10.0. The maximum atomic E-state index is 13.5. The molecule has 3 aromatic rings. The van der Waals surface area contributed by atoms with E-state index in [0.29, 0.717) is 23.6 Å². The van der Waals surface area contributed by atoms with Gasteiger partial charge in [0.15, 0.2) is 5.69 Å². The van der Waals surface area contributed by atoms with Crippen molar-refractivity contribution in [1.82, 2.24) is 30.1 Å². The molecule has 10 heteroatoms. The quantitative estimate of drug-likeness (QED) is 0.579. The predicted octanol–water partition coefficient (Wildman–Crippen LogP) is 2.30. The molecule has 1 aromatic carbocycles. The second-order valence-electron chi connectivity index (χ2n) is 7.52. The van der Waals surface area contributed by atoms with Gasteiger partial charge >= 0.3 is 0 Å². The van der Waals surface area contributed by atoms with Gasteiger partial charge in [-0.1, -0.05) is 17.3 Å². The molecule has 2 atom stereocenters. The summed E-state index contributed by atoms with van der Waals surface area (Å²) in [7, 11) is 2.91. The summed E-state index contributed by atoms with van der Waals surface area (Å²) in [6.07, 6.45) is 4.78. The van der Waals surface area contributed by atoms with Gasteiger partial charge in [-0.05, 0) is 31.9 Å². The van der Waals surface area contributed by atoms with Crippen LogP contribution in [0.25, 0.3) is 5.69 Å². The first kappa shape index (κ1) is 20.7. The largest absolute Gasteiger partial charge is 0.360 e.